The third-order valence-electron chi connectivity index (χ3n) is 4.86. The Bertz CT molecular complexity index is 1130. The monoisotopic (exact) mass is 432 g/mol. The quantitative estimate of drug-likeness (QED) is 0.643. The van der Waals surface area contributed by atoms with E-state index in [2.05, 4.69) is 25.2 Å². The van der Waals surface area contributed by atoms with Gasteiger partial charge in [0.15, 0.2) is 0 Å². The molecule has 0 atom stereocenters. The Hall–Kier alpha value is -2.62. The van der Waals surface area contributed by atoms with Gasteiger partial charge in [0.25, 0.3) is 0 Å². The predicted octanol–water partition coefficient (Wildman–Crippen LogP) is 3.01. The summed E-state index contributed by atoms with van der Waals surface area (Å²) >= 11 is 6.41. The first-order chi connectivity index (χ1) is 13.8. The zero-order valence-electron chi connectivity index (χ0n) is 16.1. The zero-order chi connectivity index (χ0) is 20.6. The molecule has 1 aliphatic rings. The number of fused-ring (bicyclic) bond motifs is 1. The molecule has 3 aromatic rings. The summed E-state index contributed by atoms with van der Waals surface area (Å²) in [6, 6.07) is 8.46. The summed E-state index contributed by atoms with van der Waals surface area (Å²) in [5, 5.41) is 3.78. The maximum atomic E-state index is 12.2. The molecule has 0 spiro atoms. The SMILES string of the molecule is CN(C)S(=O)(=O)c1ccc(Nc2cc(N3CCc4nc[nH]c4C3)c(Cl)cn2)cc1. The largest absolute Gasteiger partial charge is 0.364 e. The molecule has 1 aliphatic heterocycles. The second kappa shape index (κ2) is 7.66. The van der Waals surface area contributed by atoms with Crippen LogP contribution >= 0.6 is 11.6 Å². The third-order valence-corrected chi connectivity index (χ3v) is 6.98. The van der Waals surface area contributed by atoms with Crippen molar-refractivity contribution in [3.05, 3.63) is 59.3 Å². The molecule has 29 heavy (non-hydrogen) atoms. The van der Waals surface area contributed by atoms with Gasteiger partial charge in [0.05, 0.1) is 46.1 Å². The number of benzene rings is 1. The van der Waals surface area contributed by atoms with E-state index < -0.39 is 10.0 Å². The van der Waals surface area contributed by atoms with E-state index >= 15 is 0 Å². The molecular weight excluding hydrogens is 412 g/mol. The molecule has 0 amide bonds. The number of halogens is 1. The molecule has 0 unspecified atom stereocenters. The second-order valence-electron chi connectivity index (χ2n) is 6.96. The molecule has 0 radical (unpaired) electrons. The molecule has 2 aromatic heterocycles. The lowest BCUT2D eigenvalue weighted by atomic mass is 10.1. The van der Waals surface area contributed by atoms with Crippen molar-refractivity contribution in [3.8, 4) is 0 Å². The van der Waals surface area contributed by atoms with E-state index in [1.807, 2.05) is 6.07 Å². The van der Waals surface area contributed by atoms with Crippen LogP contribution in [0.15, 0.2) is 47.8 Å². The molecule has 0 aliphatic carbocycles. The number of H-pyrrole nitrogens is 1. The number of pyridine rings is 1. The highest BCUT2D eigenvalue weighted by atomic mass is 35.5. The third kappa shape index (κ3) is 3.93. The Morgan fingerprint density at radius 2 is 1.97 bits per heavy atom. The number of hydrogen-bond donors (Lipinski definition) is 2. The van der Waals surface area contributed by atoms with Crippen molar-refractivity contribution in [2.24, 2.45) is 0 Å². The summed E-state index contributed by atoms with van der Waals surface area (Å²) in [6.07, 6.45) is 4.18. The number of rotatable bonds is 5. The van der Waals surface area contributed by atoms with Crippen molar-refractivity contribution in [1.82, 2.24) is 19.3 Å². The molecular formula is C19H21ClN6O2S. The van der Waals surface area contributed by atoms with Crippen LogP contribution < -0.4 is 10.2 Å². The minimum absolute atomic E-state index is 0.237. The molecule has 8 nitrogen and oxygen atoms in total. The maximum Gasteiger partial charge on any atom is 0.242 e. The molecule has 0 saturated heterocycles. The summed E-state index contributed by atoms with van der Waals surface area (Å²) in [6.45, 7) is 1.52. The highest BCUT2D eigenvalue weighted by Crippen LogP contribution is 2.32. The Kier molecular flexibility index (Phi) is 5.20. The lowest BCUT2D eigenvalue weighted by Gasteiger charge is -2.29. The Morgan fingerprint density at radius 1 is 1.21 bits per heavy atom. The van der Waals surface area contributed by atoms with Crippen molar-refractivity contribution in [2.75, 3.05) is 30.9 Å². The number of aromatic nitrogens is 3. The minimum atomic E-state index is -3.46. The maximum absolute atomic E-state index is 12.2. The summed E-state index contributed by atoms with van der Waals surface area (Å²) in [4.78, 5) is 14.3. The molecule has 0 saturated carbocycles. The fraction of sp³-hybridized carbons (Fsp3) is 0.263. The van der Waals surface area contributed by atoms with Gasteiger partial charge in [-0.05, 0) is 24.3 Å². The van der Waals surface area contributed by atoms with Crippen LogP contribution in [0.25, 0.3) is 0 Å². The van der Waals surface area contributed by atoms with Crippen LogP contribution in [0.4, 0.5) is 17.2 Å². The Balaban J connectivity index is 1.54. The summed E-state index contributed by atoms with van der Waals surface area (Å²) < 4.78 is 25.6. The van der Waals surface area contributed by atoms with Gasteiger partial charge in [0.1, 0.15) is 5.82 Å². The number of aromatic amines is 1. The van der Waals surface area contributed by atoms with Gasteiger partial charge in [-0.15, -0.1) is 0 Å². The molecule has 3 heterocycles. The van der Waals surface area contributed by atoms with Gasteiger partial charge in [-0.25, -0.2) is 22.7 Å². The fourth-order valence-corrected chi connectivity index (χ4v) is 4.35. The van der Waals surface area contributed by atoms with Gasteiger partial charge >= 0.3 is 0 Å². The van der Waals surface area contributed by atoms with Crippen molar-refractivity contribution in [1.29, 1.82) is 0 Å². The van der Waals surface area contributed by atoms with Crippen LogP contribution in [0.1, 0.15) is 11.4 Å². The van der Waals surface area contributed by atoms with Crippen LogP contribution in [0, 0.1) is 0 Å². The van der Waals surface area contributed by atoms with E-state index in [-0.39, 0.29) is 4.90 Å². The first-order valence-electron chi connectivity index (χ1n) is 9.06. The summed E-state index contributed by atoms with van der Waals surface area (Å²) in [5.74, 6) is 0.628. The first-order valence-corrected chi connectivity index (χ1v) is 10.9. The number of hydrogen-bond acceptors (Lipinski definition) is 6. The van der Waals surface area contributed by atoms with Crippen molar-refractivity contribution < 1.29 is 8.42 Å². The highest BCUT2D eigenvalue weighted by Gasteiger charge is 2.21. The van der Waals surface area contributed by atoms with Crippen LogP contribution in [0.3, 0.4) is 0 Å². The zero-order valence-corrected chi connectivity index (χ0v) is 17.6. The van der Waals surface area contributed by atoms with Crippen LogP contribution in [-0.4, -0.2) is 48.3 Å². The van der Waals surface area contributed by atoms with Crippen molar-refractivity contribution >= 4 is 38.8 Å². The number of sulfonamides is 1. The molecule has 2 N–H and O–H groups in total. The molecule has 152 valence electrons. The molecule has 10 heteroatoms. The minimum Gasteiger partial charge on any atom is -0.364 e. The Labute approximate surface area is 174 Å². The smallest absolute Gasteiger partial charge is 0.242 e. The summed E-state index contributed by atoms with van der Waals surface area (Å²) in [7, 11) is -0.440. The van der Waals surface area contributed by atoms with E-state index in [0.717, 1.165) is 35.7 Å². The van der Waals surface area contributed by atoms with E-state index in [9.17, 15) is 8.42 Å². The van der Waals surface area contributed by atoms with Crippen LogP contribution in [0.5, 0.6) is 0 Å². The topological polar surface area (TPSA) is 94.2 Å². The van der Waals surface area contributed by atoms with Crippen LogP contribution in [-0.2, 0) is 23.0 Å². The fourth-order valence-electron chi connectivity index (χ4n) is 3.23. The molecule has 4 rings (SSSR count). The summed E-state index contributed by atoms with van der Waals surface area (Å²) in [5.41, 5.74) is 3.81. The van der Waals surface area contributed by atoms with E-state index in [1.54, 1.807) is 36.8 Å². The van der Waals surface area contributed by atoms with E-state index in [4.69, 9.17) is 11.6 Å². The lowest BCUT2D eigenvalue weighted by molar-refractivity contribution is 0.521. The normalized spacial score (nSPS) is 14.1. The number of nitrogens with one attached hydrogen (secondary N) is 2. The van der Waals surface area contributed by atoms with Gasteiger partial charge < -0.3 is 15.2 Å². The second-order valence-corrected chi connectivity index (χ2v) is 9.52. The standard InChI is InChI=1S/C19H21ClN6O2S/c1-25(2)29(27,28)14-5-3-13(4-6-14)24-19-9-18(15(20)10-21-19)26-8-7-16-17(11-26)23-12-22-16/h3-6,9-10,12H,7-8,11H2,1-2H3,(H,21,24)(H,22,23). The average Bonchev–Trinajstić information content (AvgIpc) is 3.17. The van der Waals surface area contributed by atoms with Gasteiger partial charge in [0.2, 0.25) is 10.0 Å². The lowest BCUT2D eigenvalue weighted by Crippen LogP contribution is -2.30. The van der Waals surface area contributed by atoms with E-state index in [0.29, 0.717) is 17.4 Å². The number of nitrogens with zero attached hydrogens (tertiary/aromatic N) is 4. The first kappa shape index (κ1) is 19.7. The molecule has 1 aromatic carbocycles. The van der Waals surface area contributed by atoms with E-state index in [1.165, 1.54) is 18.4 Å². The van der Waals surface area contributed by atoms with Crippen molar-refractivity contribution in [2.45, 2.75) is 17.9 Å². The molecule has 0 fully saturated rings. The van der Waals surface area contributed by atoms with Gasteiger partial charge in [-0.1, -0.05) is 11.6 Å². The van der Waals surface area contributed by atoms with Crippen LogP contribution in [0.2, 0.25) is 5.02 Å². The number of anilines is 3. The highest BCUT2D eigenvalue weighted by molar-refractivity contribution is 7.89. The van der Waals surface area contributed by atoms with Crippen molar-refractivity contribution in [3.63, 3.8) is 0 Å². The van der Waals surface area contributed by atoms with Gasteiger partial charge in [-0.2, -0.15) is 0 Å². The Morgan fingerprint density at radius 3 is 2.69 bits per heavy atom. The number of imidazole rings is 1. The van der Waals surface area contributed by atoms with Gasteiger partial charge in [0, 0.05) is 38.8 Å². The molecule has 0 bridgehead atoms. The predicted molar refractivity (Wildman–Crippen MR) is 113 cm³/mol. The van der Waals surface area contributed by atoms with Gasteiger partial charge in [-0.3, -0.25) is 0 Å². The average molecular weight is 433 g/mol.